The van der Waals surface area contributed by atoms with Crippen LogP contribution in [0, 0.1) is 0 Å². The lowest BCUT2D eigenvalue weighted by molar-refractivity contribution is -0.309. The van der Waals surface area contributed by atoms with Gasteiger partial charge in [-0.1, -0.05) is 96.8 Å². The highest BCUT2D eigenvalue weighted by atomic mass is 17.2. The lowest BCUT2D eigenvalue weighted by Gasteiger charge is -2.23. The van der Waals surface area contributed by atoms with Crippen LogP contribution in [-0.2, 0) is 29.3 Å². The zero-order chi connectivity index (χ0) is 37.4. The van der Waals surface area contributed by atoms with Gasteiger partial charge in [0.2, 0.25) is 0 Å². The van der Waals surface area contributed by atoms with Crippen molar-refractivity contribution in [2.45, 2.75) is 156 Å². The maximum Gasteiger partial charge on any atom is 0.374 e. The minimum Gasteiger partial charge on any atom is -0.292 e. The van der Waals surface area contributed by atoms with Crippen LogP contribution in [0.5, 0.6) is 0 Å². The molecule has 10 heteroatoms. The van der Waals surface area contributed by atoms with Gasteiger partial charge in [-0.25, -0.2) is 14.4 Å². The van der Waals surface area contributed by atoms with Crippen molar-refractivity contribution in [3.05, 3.63) is 70.3 Å². The molecule has 0 fully saturated rings. The molecule has 50 heavy (non-hydrogen) atoms. The van der Waals surface area contributed by atoms with E-state index in [2.05, 4.69) is 20.8 Å². The van der Waals surface area contributed by atoms with Gasteiger partial charge in [0.15, 0.2) is 5.78 Å². The Morgan fingerprint density at radius 2 is 0.820 bits per heavy atom. The largest absolute Gasteiger partial charge is 0.374 e. The maximum atomic E-state index is 13.5. The first-order valence-electron chi connectivity index (χ1n) is 18.0. The molecule has 0 N–H and O–H groups in total. The van der Waals surface area contributed by atoms with E-state index in [0.29, 0.717) is 12.8 Å². The van der Waals surface area contributed by atoms with Crippen LogP contribution in [0.4, 0.5) is 0 Å². The summed E-state index contributed by atoms with van der Waals surface area (Å²) >= 11 is 0. The summed E-state index contributed by atoms with van der Waals surface area (Å²) in [5, 5.41) is 0. The van der Waals surface area contributed by atoms with E-state index in [1.165, 1.54) is 42.5 Å². The van der Waals surface area contributed by atoms with Gasteiger partial charge in [-0.05, 0) is 85.1 Å². The van der Waals surface area contributed by atoms with Gasteiger partial charge in [-0.15, -0.1) is 0 Å². The van der Waals surface area contributed by atoms with E-state index in [0.717, 1.165) is 64.2 Å². The van der Waals surface area contributed by atoms with Crippen molar-refractivity contribution in [1.29, 1.82) is 0 Å². The van der Waals surface area contributed by atoms with Crippen LogP contribution in [-0.4, -0.2) is 40.5 Å². The summed E-state index contributed by atoms with van der Waals surface area (Å²) in [5.74, 6) is -3.02. The van der Waals surface area contributed by atoms with Gasteiger partial charge in [0.25, 0.3) is 0 Å². The molecule has 2 aromatic carbocycles. The molecule has 10 nitrogen and oxygen atoms in total. The second-order valence-electron chi connectivity index (χ2n) is 14.7. The summed E-state index contributed by atoms with van der Waals surface area (Å²) in [6.45, 7) is 17.3. The van der Waals surface area contributed by atoms with E-state index in [-0.39, 0.29) is 27.8 Å². The highest BCUT2D eigenvalue weighted by molar-refractivity contribution is 6.12. The number of rotatable bonds is 23. The van der Waals surface area contributed by atoms with Crippen LogP contribution in [0.15, 0.2) is 42.5 Å². The Morgan fingerprint density at radius 1 is 0.460 bits per heavy atom. The van der Waals surface area contributed by atoms with Crippen molar-refractivity contribution in [3.8, 4) is 0 Å². The number of ketones is 1. The van der Waals surface area contributed by atoms with Crippen molar-refractivity contribution < 1.29 is 48.5 Å². The Bertz CT molecular complexity index is 1390. The Balaban J connectivity index is 2.27. The summed E-state index contributed by atoms with van der Waals surface area (Å²) in [6.07, 6.45) is 11.0. The van der Waals surface area contributed by atoms with Gasteiger partial charge in [-0.2, -0.15) is 14.7 Å². The molecule has 2 aromatic rings. The van der Waals surface area contributed by atoms with Crippen molar-refractivity contribution in [2.75, 3.05) is 0 Å². The fraction of sp³-hybridized carbons (Fsp3) is 0.600. The SMILES string of the molecule is CCCCCC(C)(C)OOC(=O)c1ccc(C(=O)c2ccc(C(=O)OOC(C)(C)CCCCC)c(C(=O)OOC(C)(C)CCCCC)c2)cc1. The molecule has 0 heterocycles. The van der Waals surface area contributed by atoms with Gasteiger partial charge < -0.3 is 0 Å². The third-order valence-electron chi connectivity index (χ3n) is 8.28. The number of hydrogen-bond donors (Lipinski definition) is 0. The van der Waals surface area contributed by atoms with Crippen molar-refractivity contribution in [2.24, 2.45) is 0 Å². The molecule has 0 radical (unpaired) electrons. The average Bonchev–Trinajstić information content (AvgIpc) is 3.08. The molecular weight excluding hydrogens is 640 g/mol. The summed E-state index contributed by atoms with van der Waals surface area (Å²) in [5.41, 5.74) is -2.00. The standard InChI is InChI=1S/C40H58O10/c1-10-13-16-25-38(4,5)48-45-35(42)30-21-19-29(20-22-30)34(41)31-23-24-32(36(43)46-49-39(6,7)26-17-14-11-2)33(28-31)37(44)47-50-40(8,9)27-18-15-12-3/h19-24,28H,10-18,25-27H2,1-9H3. The molecule has 0 saturated carbocycles. The second-order valence-corrected chi connectivity index (χ2v) is 14.7. The lowest BCUT2D eigenvalue weighted by atomic mass is 9.97. The first kappa shape index (κ1) is 42.6. The van der Waals surface area contributed by atoms with Crippen LogP contribution in [0.3, 0.4) is 0 Å². The second kappa shape index (κ2) is 20.3. The number of carbonyl (C=O) groups is 4. The van der Waals surface area contributed by atoms with Crippen LogP contribution in [0.1, 0.15) is 186 Å². The molecule has 278 valence electrons. The lowest BCUT2D eigenvalue weighted by Crippen LogP contribution is -2.28. The molecule has 0 aliphatic carbocycles. The van der Waals surface area contributed by atoms with E-state index < -0.39 is 40.5 Å². The van der Waals surface area contributed by atoms with Crippen molar-refractivity contribution in [3.63, 3.8) is 0 Å². The van der Waals surface area contributed by atoms with Gasteiger partial charge >= 0.3 is 17.9 Å². The van der Waals surface area contributed by atoms with E-state index in [1.807, 2.05) is 27.7 Å². The first-order chi connectivity index (χ1) is 23.5. The molecule has 0 saturated heterocycles. The summed E-state index contributed by atoms with van der Waals surface area (Å²) in [4.78, 5) is 84.7. The monoisotopic (exact) mass is 698 g/mol. The molecule has 0 spiro atoms. The number of benzene rings is 2. The number of unbranched alkanes of at least 4 members (excludes halogenated alkanes) is 6. The Hall–Kier alpha value is -3.60. The average molecular weight is 699 g/mol. The fourth-order valence-electron chi connectivity index (χ4n) is 5.07. The highest BCUT2D eigenvalue weighted by Crippen LogP contribution is 2.25. The van der Waals surface area contributed by atoms with Crippen LogP contribution < -0.4 is 0 Å². The third-order valence-corrected chi connectivity index (χ3v) is 8.28. The van der Waals surface area contributed by atoms with Gasteiger partial charge in [0, 0.05) is 11.1 Å². The minimum atomic E-state index is -0.965. The zero-order valence-corrected chi connectivity index (χ0v) is 31.6. The van der Waals surface area contributed by atoms with Crippen LogP contribution in [0.2, 0.25) is 0 Å². The Morgan fingerprint density at radius 3 is 1.24 bits per heavy atom. The van der Waals surface area contributed by atoms with E-state index in [9.17, 15) is 19.2 Å². The molecule has 0 unspecified atom stereocenters. The van der Waals surface area contributed by atoms with Gasteiger partial charge in [0.1, 0.15) is 16.8 Å². The van der Waals surface area contributed by atoms with Gasteiger partial charge in [-0.3, -0.25) is 19.5 Å². The predicted molar refractivity (Wildman–Crippen MR) is 190 cm³/mol. The molecular formula is C40H58O10. The molecule has 0 bridgehead atoms. The zero-order valence-electron chi connectivity index (χ0n) is 31.6. The Kier molecular flexibility index (Phi) is 17.3. The predicted octanol–water partition coefficient (Wildman–Crippen LogP) is 10.3. The Labute approximate surface area is 298 Å². The van der Waals surface area contributed by atoms with Crippen molar-refractivity contribution in [1.82, 2.24) is 0 Å². The fourth-order valence-corrected chi connectivity index (χ4v) is 5.07. The molecule has 0 amide bonds. The van der Waals surface area contributed by atoms with Crippen LogP contribution in [0.25, 0.3) is 0 Å². The smallest absolute Gasteiger partial charge is 0.292 e. The summed E-state index contributed by atoms with van der Waals surface area (Å²) in [6, 6.07) is 9.85. The molecule has 2 rings (SSSR count). The molecule has 0 aliphatic heterocycles. The molecule has 0 aromatic heterocycles. The third kappa shape index (κ3) is 14.7. The quantitative estimate of drug-likeness (QED) is 0.0479. The molecule has 0 atom stereocenters. The van der Waals surface area contributed by atoms with E-state index in [1.54, 1.807) is 13.8 Å². The summed E-state index contributed by atoms with van der Waals surface area (Å²) in [7, 11) is 0. The number of hydrogen-bond acceptors (Lipinski definition) is 10. The van der Waals surface area contributed by atoms with E-state index in [4.69, 9.17) is 29.3 Å². The van der Waals surface area contributed by atoms with Gasteiger partial charge in [0.05, 0.1) is 16.7 Å². The topological polar surface area (TPSA) is 124 Å². The van der Waals surface area contributed by atoms with Crippen molar-refractivity contribution >= 4 is 23.7 Å². The summed E-state index contributed by atoms with van der Waals surface area (Å²) < 4.78 is 0. The maximum absolute atomic E-state index is 13.5. The first-order valence-corrected chi connectivity index (χ1v) is 18.0. The molecule has 0 aliphatic rings. The normalized spacial score (nSPS) is 12.0. The van der Waals surface area contributed by atoms with E-state index >= 15 is 0 Å². The highest BCUT2D eigenvalue weighted by Gasteiger charge is 2.29. The van der Waals surface area contributed by atoms with Crippen LogP contribution >= 0.6 is 0 Å². The minimum absolute atomic E-state index is 0.101. The number of carbonyl (C=O) groups excluding carboxylic acids is 4.